The maximum atomic E-state index is 12.6. The first-order valence-corrected chi connectivity index (χ1v) is 14.4. The Bertz CT molecular complexity index is 1020. The van der Waals surface area contributed by atoms with Crippen LogP contribution in [0.1, 0.15) is 90.2 Å². The van der Waals surface area contributed by atoms with Crippen LogP contribution in [0.4, 0.5) is 0 Å². The molecule has 3 nitrogen and oxygen atoms in total. The summed E-state index contributed by atoms with van der Waals surface area (Å²) >= 11 is 0. The average Bonchev–Trinajstić information content (AvgIpc) is 3.22. The maximum absolute atomic E-state index is 12.6. The molecule has 0 bridgehead atoms. The van der Waals surface area contributed by atoms with E-state index in [0.29, 0.717) is 48.9 Å². The summed E-state index contributed by atoms with van der Waals surface area (Å²) in [6, 6.07) is 8.55. The molecule has 1 aromatic carbocycles. The van der Waals surface area contributed by atoms with E-state index < -0.39 is 5.79 Å². The lowest BCUT2D eigenvalue weighted by Crippen LogP contribution is -2.55. The highest BCUT2D eigenvalue weighted by molar-refractivity contribution is 5.79. The number of aliphatic hydroxyl groups is 1. The maximum Gasteiger partial charge on any atom is 0.169 e. The van der Waals surface area contributed by atoms with Gasteiger partial charge in [0.25, 0.3) is 0 Å². The molecule has 3 saturated carbocycles. The van der Waals surface area contributed by atoms with Crippen LogP contribution in [-0.2, 0) is 22.6 Å². The summed E-state index contributed by atoms with van der Waals surface area (Å²) in [6.45, 7) is 13.4. The van der Waals surface area contributed by atoms with Crippen molar-refractivity contribution in [3.63, 3.8) is 0 Å². The highest BCUT2D eigenvalue weighted by Gasteiger charge is 2.62. The van der Waals surface area contributed by atoms with E-state index in [1.807, 2.05) is 6.92 Å². The lowest BCUT2D eigenvalue weighted by molar-refractivity contribution is -0.232. The molecule has 4 aliphatic carbocycles. The van der Waals surface area contributed by atoms with Gasteiger partial charge in [0.05, 0.1) is 6.61 Å². The minimum Gasteiger partial charge on any atom is -0.365 e. The Balaban J connectivity index is 1.39. The van der Waals surface area contributed by atoms with Crippen molar-refractivity contribution in [1.82, 2.24) is 0 Å². The number of benzene rings is 1. The largest absolute Gasteiger partial charge is 0.365 e. The molecule has 0 amide bonds. The van der Waals surface area contributed by atoms with Crippen molar-refractivity contribution >= 4 is 5.78 Å². The summed E-state index contributed by atoms with van der Waals surface area (Å²) in [7, 11) is 0. The second kappa shape index (κ2) is 9.55. The van der Waals surface area contributed by atoms with Gasteiger partial charge in [0.1, 0.15) is 5.78 Å². The zero-order valence-corrected chi connectivity index (χ0v) is 22.9. The van der Waals surface area contributed by atoms with Gasteiger partial charge >= 0.3 is 0 Å². The summed E-state index contributed by atoms with van der Waals surface area (Å²) < 4.78 is 6.24. The number of ether oxygens (including phenoxy) is 1. The van der Waals surface area contributed by atoms with Crippen LogP contribution in [0.5, 0.6) is 0 Å². The molecule has 1 N–H and O–H groups in total. The Kier molecular flexibility index (Phi) is 6.88. The minimum absolute atomic E-state index is 0.107. The molecule has 1 aromatic rings. The number of carbonyl (C=O) groups is 1. The van der Waals surface area contributed by atoms with Crippen molar-refractivity contribution in [2.45, 2.75) is 97.9 Å². The summed E-state index contributed by atoms with van der Waals surface area (Å²) in [5.41, 5.74) is 4.08. The number of hydrogen-bond acceptors (Lipinski definition) is 3. The highest BCUT2D eigenvalue weighted by atomic mass is 16.6. The van der Waals surface area contributed by atoms with E-state index in [0.717, 1.165) is 37.7 Å². The second-order valence-corrected chi connectivity index (χ2v) is 13.0. The van der Waals surface area contributed by atoms with Crippen molar-refractivity contribution in [2.75, 3.05) is 0 Å². The van der Waals surface area contributed by atoms with E-state index in [9.17, 15) is 9.90 Å². The fraction of sp³-hybridized carbons (Fsp3) is 0.667. The summed E-state index contributed by atoms with van der Waals surface area (Å²) in [5.74, 6) is 1.77. The molecule has 0 heterocycles. The number of ketones is 1. The Labute approximate surface area is 218 Å². The van der Waals surface area contributed by atoms with Gasteiger partial charge in [0, 0.05) is 18.8 Å². The van der Waals surface area contributed by atoms with E-state index in [1.54, 1.807) is 0 Å². The molecule has 36 heavy (non-hydrogen) atoms. The van der Waals surface area contributed by atoms with Crippen LogP contribution in [0, 0.1) is 40.4 Å². The van der Waals surface area contributed by atoms with E-state index in [1.165, 1.54) is 24.0 Å². The predicted octanol–water partition coefficient (Wildman–Crippen LogP) is 7.42. The normalized spacial score (nSPS) is 41.6. The average molecular weight is 491 g/mol. The third-order valence-corrected chi connectivity index (χ3v) is 11.2. The molecule has 0 radical (unpaired) electrons. The molecular weight excluding hydrogens is 444 g/mol. The topological polar surface area (TPSA) is 46.5 Å². The molecule has 3 fully saturated rings. The fourth-order valence-corrected chi connectivity index (χ4v) is 9.08. The molecule has 0 aliphatic heterocycles. The first-order chi connectivity index (χ1) is 17.1. The number of carbonyl (C=O) groups excluding carboxylic acids is 1. The number of aryl methyl sites for hydroxylation is 1. The summed E-state index contributed by atoms with van der Waals surface area (Å²) in [6.07, 6.45) is 13.4. The van der Waals surface area contributed by atoms with Gasteiger partial charge in [-0.2, -0.15) is 0 Å². The molecule has 3 heteroatoms. The molecule has 5 rings (SSSR count). The molecule has 4 aliphatic rings. The van der Waals surface area contributed by atoms with E-state index in [4.69, 9.17) is 4.74 Å². The zero-order valence-electron chi connectivity index (χ0n) is 22.9. The van der Waals surface area contributed by atoms with Crippen LogP contribution in [0.2, 0.25) is 0 Å². The summed E-state index contributed by atoms with van der Waals surface area (Å²) in [4.78, 5) is 12.6. The molecule has 2 unspecified atom stereocenters. The van der Waals surface area contributed by atoms with Crippen LogP contribution < -0.4 is 0 Å². The Morgan fingerprint density at radius 1 is 1.08 bits per heavy atom. The van der Waals surface area contributed by atoms with Crippen molar-refractivity contribution in [3.8, 4) is 0 Å². The first-order valence-electron chi connectivity index (χ1n) is 14.4. The Hall–Kier alpha value is -1.71. The monoisotopic (exact) mass is 490 g/mol. The van der Waals surface area contributed by atoms with Crippen LogP contribution in [0.3, 0.4) is 0 Å². The van der Waals surface area contributed by atoms with Gasteiger partial charge in [0.2, 0.25) is 0 Å². The van der Waals surface area contributed by atoms with E-state index in [2.05, 4.69) is 63.8 Å². The molecule has 0 saturated heterocycles. The molecule has 8 atom stereocenters. The van der Waals surface area contributed by atoms with Crippen molar-refractivity contribution in [1.29, 1.82) is 0 Å². The zero-order chi connectivity index (χ0) is 25.7. The Morgan fingerprint density at radius 2 is 1.81 bits per heavy atom. The fourth-order valence-electron chi connectivity index (χ4n) is 9.08. The van der Waals surface area contributed by atoms with Crippen LogP contribution >= 0.6 is 0 Å². The Morgan fingerprint density at radius 3 is 2.47 bits per heavy atom. The molecule has 0 spiro atoms. The number of rotatable bonds is 7. The third-order valence-electron chi connectivity index (χ3n) is 11.2. The van der Waals surface area contributed by atoms with Gasteiger partial charge in [-0.05, 0) is 97.5 Å². The quantitative estimate of drug-likeness (QED) is 0.319. The van der Waals surface area contributed by atoms with Gasteiger partial charge in [0.15, 0.2) is 5.79 Å². The molecular formula is C33H46O3. The molecule has 196 valence electrons. The van der Waals surface area contributed by atoms with Gasteiger partial charge in [-0.1, -0.05) is 62.8 Å². The molecule has 0 aromatic heterocycles. The van der Waals surface area contributed by atoms with Gasteiger partial charge < -0.3 is 9.84 Å². The number of hydrogen-bond donors (Lipinski definition) is 1. The van der Waals surface area contributed by atoms with Gasteiger partial charge in [-0.15, -0.1) is 6.58 Å². The lowest BCUT2D eigenvalue weighted by atomic mass is 9.45. The highest BCUT2D eigenvalue weighted by Crippen LogP contribution is 2.68. The second-order valence-electron chi connectivity index (χ2n) is 13.0. The van der Waals surface area contributed by atoms with Crippen molar-refractivity contribution in [3.05, 3.63) is 59.7 Å². The van der Waals surface area contributed by atoms with Gasteiger partial charge in [-0.25, -0.2) is 0 Å². The van der Waals surface area contributed by atoms with E-state index in [-0.39, 0.29) is 16.7 Å². The van der Waals surface area contributed by atoms with Crippen LogP contribution in [-0.4, -0.2) is 16.7 Å². The van der Waals surface area contributed by atoms with Crippen molar-refractivity contribution < 1.29 is 14.6 Å². The van der Waals surface area contributed by atoms with Crippen LogP contribution in [0.25, 0.3) is 0 Å². The number of fused-ring (bicyclic) bond motifs is 5. The minimum atomic E-state index is -1.10. The third kappa shape index (κ3) is 4.25. The standard InChI is InChI=1S/C33H46O3/c1-6-8-25-19-26-20-33(35,36-21-24-11-9-23(7-2)10-12-24)18-17-31(26,4)29-15-16-32(5)27(22(3)34)13-14-28(32)30(25)29/h6,9-12,19,25,27-30,35H,1,7-8,13-18,20-21H2,2-5H3/t25?,27-,28+,29+,30+,31+,32-,33?/m1/s1. The van der Waals surface area contributed by atoms with Gasteiger partial charge in [-0.3, -0.25) is 4.79 Å². The lowest BCUT2D eigenvalue weighted by Gasteiger charge is -2.60. The summed E-state index contributed by atoms with van der Waals surface area (Å²) in [5, 5.41) is 11.6. The predicted molar refractivity (Wildman–Crippen MR) is 145 cm³/mol. The smallest absolute Gasteiger partial charge is 0.169 e. The van der Waals surface area contributed by atoms with Crippen LogP contribution in [0.15, 0.2) is 48.6 Å². The first kappa shape index (κ1) is 25.9. The number of Topliss-reactive ketones (excluding diaryl/α,β-unsaturated/α-hetero) is 1. The van der Waals surface area contributed by atoms with E-state index >= 15 is 0 Å². The SMILES string of the molecule is C=CCC1C=C2CC(O)(OCc3ccc(CC)cc3)CC[C@]2(C)[C@H]2CC[C@]3(C)[C@@H](C(C)=O)CC[C@H]3[C@H]12. The number of allylic oxidation sites excluding steroid dienone is 2. The van der Waals surface area contributed by atoms with Crippen molar-refractivity contribution in [2.24, 2.45) is 40.4 Å².